The van der Waals surface area contributed by atoms with Crippen LogP contribution in [0, 0.1) is 0 Å². The molecule has 0 atom stereocenters. The first kappa shape index (κ1) is 39.0. The standard InChI is InChI=1S/C64H40N4O/c1-4-16-41(17-5-1)42-28-30-43(31-29-42)45-33-36-53-51(38-45)52-39-46(34-37-54(52)64(53)55-23-11-14-26-59(55)69-60-27-15-12-24-56(60)64)62-65-61(44-18-6-2-7-19-44)66-63(67-62)47-32-35-50-49-22-10-13-25-57(49)68(58(50)40-47)48-20-8-3-9-21-48/h1-40H. The molecule has 0 N–H and O–H groups in total. The molecule has 10 aromatic carbocycles. The monoisotopic (exact) mass is 880 g/mol. The molecule has 14 rings (SSSR count). The van der Waals surface area contributed by atoms with Crippen LogP contribution in [0.25, 0.3) is 95.0 Å². The van der Waals surface area contributed by atoms with Gasteiger partial charge in [-0.3, -0.25) is 0 Å². The molecule has 5 nitrogen and oxygen atoms in total. The Labute approximate surface area is 399 Å². The van der Waals surface area contributed by atoms with Crippen LogP contribution in [0.1, 0.15) is 22.3 Å². The van der Waals surface area contributed by atoms with E-state index >= 15 is 0 Å². The third kappa shape index (κ3) is 6.07. The molecule has 1 aliphatic carbocycles. The summed E-state index contributed by atoms with van der Waals surface area (Å²) in [6.07, 6.45) is 0. The van der Waals surface area contributed by atoms with E-state index in [0.717, 1.165) is 72.7 Å². The van der Waals surface area contributed by atoms with Crippen molar-refractivity contribution in [3.05, 3.63) is 265 Å². The second-order valence-corrected chi connectivity index (χ2v) is 17.9. The predicted molar refractivity (Wildman–Crippen MR) is 279 cm³/mol. The van der Waals surface area contributed by atoms with Gasteiger partial charge in [-0.2, -0.15) is 0 Å². The van der Waals surface area contributed by atoms with Gasteiger partial charge in [-0.25, -0.2) is 15.0 Å². The van der Waals surface area contributed by atoms with Crippen molar-refractivity contribution in [2.45, 2.75) is 5.41 Å². The van der Waals surface area contributed by atoms with Gasteiger partial charge in [0.15, 0.2) is 17.5 Å². The summed E-state index contributed by atoms with van der Waals surface area (Å²) in [6.45, 7) is 0. The third-order valence-electron chi connectivity index (χ3n) is 14.1. The van der Waals surface area contributed by atoms with E-state index in [1.165, 1.54) is 38.6 Å². The highest BCUT2D eigenvalue weighted by molar-refractivity contribution is 6.10. The summed E-state index contributed by atoms with van der Waals surface area (Å²) >= 11 is 0. The fourth-order valence-electron chi connectivity index (χ4n) is 11.0. The number of hydrogen-bond acceptors (Lipinski definition) is 4. The van der Waals surface area contributed by atoms with Crippen LogP contribution >= 0.6 is 0 Å². The van der Waals surface area contributed by atoms with Crippen LogP contribution in [0.2, 0.25) is 0 Å². The number of fused-ring (bicyclic) bond motifs is 12. The largest absolute Gasteiger partial charge is 0.457 e. The average Bonchev–Trinajstić information content (AvgIpc) is 3.91. The highest BCUT2D eigenvalue weighted by Gasteiger charge is 2.51. The molecule has 0 bridgehead atoms. The molecule has 5 heteroatoms. The zero-order valence-corrected chi connectivity index (χ0v) is 37.3. The normalized spacial score (nSPS) is 12.9. The zero-order valence-electron chi connectivity index (χ0n) is 37.3. The first-order chi connectivity index (χ1) is 34.2. The van der Waals surface area contributed by atoms with Gasteiger partial charge >= 0.3 is 0 Å². The van der Waals surface area contributed by atoms with Crippen molar-refractivity contribution in [3.8, 4) is 84.7 Å². The Balaban J connectivity index is 0.978. The van der Waals surface area contributed by atoms with Crippen LogP contribution in [-0.2, 0) is 5.41 Å². The van der Waals surface area contributed by atoms with Crippen molar-refractivity contribution in [1.82, 2.24) is 19.5 Å². The Bertz CT molecular complexity index is 3930. The summed E-state index contributed by atoms with van der Waals surface area (Å²) in [7, 11) is 0. The van der Waals surface area contributed by atoms with E-state index in [1.807, 2.05) is 18.2 Å². The quantitative estimate of drug-likeness (QED) is 0.167. The van der Waals surface area contributed by atoms with Crippen LogP contribution in [0.4, 0.5) is 0 Å². The second-order valence-electron chi connectivity index (χ2n) is 17.9. The third-order valence-corrected chi connectivity index (χ3v) is 14.1. The van der Waals surface area contributed by atoms with Crippen molar-refractivity contribution in [3.63, 3.8) is 0 Å². The van der Waals surface area contributed by atoms with Crippen LogP contribution in [0.3, 0.4) is 0 Å². The van der Waals surface area contributed by atoms with Gasteiger partial charge in [0.05, 0.1) is 16.4 Å². The minimum absolute atomic E-state index is 0.605. The first-order valence-electron chi connectivity index (χ1n) is 23.4. The molecule has 3 heterocycles. The zero-order chi connectivity index (χ0) is 45.5. The summed E-state index contributed by atoms with van der Waals surface area (Å²) in [5.41, 5.74) is 17.1. The molecule has 2 aromatic heterocycles. The van der Waals surface area contributed by atoms with E-state index in [4.69, 9.17) is 19.7 Å². The summed E-state index contributed by atoms with van der Waals surface area (Å²) in [5.74, 6) is 3.55. The molecule has 0 radical (unpaired) electrons. The molecule has 2 aliphatic rings. The van der Waals surface area contributed by atoms with E-state index in [0.29, 0.717) is 17.5 Å². The van der Waals surface area contributed by atoms with Gasteiger partial charge in [0.1, 0.15) is 11.5 Å². The molecular formula is C64H40N4O. The van der Waals surface area contributed by atoms with Crippen molar-refractivity contribution >= 4 is 21.8 Å². The van der Waals surface area contributed by atoms with E-state index in [9.17, 15) is 0 Å². The maximum absolute atomic E-state index is 6.69. The number of para-hydroxylation sites is 4. The molecule has 69 heavy (non-hydrogen) atoms. The van der Waals surface area contributed by atoms with Gasteiger partial charge in [-0.1, -0.05) is 194 Å². The molecule has 1 spiro atoms. The maximum atomic E-state index is 6.69. The summed E-state index contributed by atoms with van der Waals surface area (Å²) in [5, 5.41) is 2.37. The second kappa shape index (κ2) is 15.4. The molecule has 12 aromatic rings. The van der Waals surface area contributed by atoms with Crippen molar-refractivity contribution in [2.75, 3.05) is 0 Å². The Morgan fingerprint density at radius 2 is 0.739 bits per heavy atom. The van der Waals surface area contributed by atoms with Crippen molar-refractivity contribution < 1.29 is 4.74 Å². The molecule has 0 saturated carbocycles. The SMILES string of the molecule is c1ccc(-c2ccc(-c3ccc4c(c3)-c3cc(-c5nc(-c6ccccc6)nc(-c6ccc7c8ccccc8n(-c8ccccc8)c7c6)n5)ccc3C43c4ccccc4Oc4ccccc43)cc2)cc1. The summed E-state index contributed by atoms with van der Waals surface area (Å²) < 4.78 is 9.02. The van der Waals surface area contributed by atoms with Gasteiger partial charge in [0, 0.05) is 44.3 Å². The van der Waals surface area contributed by atoms with E-state index in [-0.39, 0.29) is 0 Å². The highest BCUT2D eigenvalue weighted by atomic mass is 16.5. The van der Waals surface area contributed by atoms with E-state index in [1.54, 1.807) is 0 Å². The number of hydrogen-bond donors (Lipinski definition) is 0. The van der Waals surface area contributed by atoms with Gasteiger partial charge in [-0.15, -0.1) is 0 Å². The minimum Gasteiger partial charge on any atom is -0.457 e. The van der Waals surface area contributed by atoms with Gasteiger partial charge in [0.25, 0.3) is 0 Å². The fraction of sp³-hybridized carbons (Fsp3) is 0.0156. The highest BCUT2D eigenvalue weighted by Crippen LogP contribution is 2.62. The minimum atomic E-state index is -0.629. The molecule has 0 fully saturated rings. The van der Waals surface area contributed by atoms with Gasteiger partial charge < -0.3 is 9.30 Å². The number of benzene rings is 10. The van der Waals surface area contributed by atoms with Crippen LogP contribution in [-0.4, -0.2) is 19.5 Å². The lowest BCUT2D eigenvalue weighted by molar-refractivity contribution is 0.436. The van der Waals surface area contributed by atoms with E-state index < -0.39 is 5.41 Å². The summed E-state index contributed by atoms with van der Waals surface area (Å²) in [6, 6.07) is 86.2. The van der Waals surface area contributed by atoms with Crippen LogP contribution in [0.15, 0.2) is 243 Å². The lowest BCUT2D eigenvalue weighted by Crippen LogP contribution is -2.32. The predicted octanol–water partition coefficient (Wildman–Crippen LogP) is 15.8. The molecule has 322 valence electrons. The lowest BCUT2D eigenvalue weighted by atomic mass is 9.66. The number of nitrogens with zero attached hydrogens (tertiary/aromatic N) is 4. The molecule has 0 amide bonds. The average molecular weight is 881 g/mol. The van der Waals surface area contributed by atoms with Crippen LogP contribution < -0.4 is 4.74 Å². The Kier molecular flexibility index (Phi) is 8.73. The fourth-order valence-corrected chi connectivity index (χ4v) is 11.0. The molecule has 1 aliphatic heterocycles. The Hall–Kier alpha value is -9.19. The van der Waals surface area contributed by atoms with Gasteiger partial charge in [0.2, 0.25) is 0 Å². The van der Waals surface area contributed by atoms with Gasteiger partial charge in [-0.05, 0) is 93.0 Å². The summed E-state index contributed by atoms with van der Waals surface area (Å²) in [4.78, 5) is 15.9. The van der Waals surface area contributed by atoms with Crippen molar-refractivity contribution in [2.24, 2.45) is 0 Å². The van der Waals surface area contributed by atoms with Crippen LogP contribution in [0.5, 0.6) is 11.5 Å². The van der Waals surface area contributed by atoms with E-state index in [2.05, 4.69) is 229 Å². The molecular weight excluding hydrogens is 841 g/mol. The number of rotatable bonds is 6. The van der Waals surface area contributed by atoms with Crippen molar-refractivity contribution in [1.29, 1.82) is 0 Å². The molecule has 0 saturated heterocycles. The number of ether oxygens (including phenoxy) is 1. The first-order valence-corrected chi connectivity index (χ1v) is 23.4. The molecule has 0 unspecified atom stereocenters. The Morgan fingerprint density at radius 1 is 0.304 bits per heavy atom. The topological polar surface area (TPSA) is 52.8 Å². The lowest BCUT2D eigenvalue weighted by Gasteiger charge is -2.39. The smallest absolute Gasteiger partial charge is 0.164 e. The maximum Gasteiger partial charge on any atom is 0.164 e. The Morgan fingerprint density at radius 3 is 1.39 bits per heavy atom. The number of aromatic nitrogens is 4.